The lowest BCUT2D eigenvalue weighted by Crippen LogP contribution is -2.25. The van der Waals surface area contributed by atoms with Gasteiger partial charge in [0.25, 0.3) is 10.0 Å². The Morgan fingerprint density at radius 3 is 2.63 bits per heavy atom. The molecule has 2 aromatic heterocycles. The van der Waals surface area contributed by atoms with E-state index in [-0.39, 0.29) is 9.96 Å². The molecule has 0 bridgehead atoms. The van der Waals surface area contributed by atoms with E-state index < -0.39 is 29.7 Å². The van der Waals surface area contributed by atoms with E-state index in [9.17, 15) is 22.3 Å². The van der Waals surface area contributed by atoms with E-state index >= 15 is 0 Å². The zero-order valence-electron chi connectivity index (χ0n) is 13.1. The van der Waals surface area contributed by atoms with Crippen LogP contribution in [-0.4, -0.2) is 24.6 Å². The van der Waals surface area contributed by atoms with Crippen LogP contribution >= 0.6 is 42.1 Å². The fourth-order valence-electron chi connectivity index (χ4n) is 2.04. The summed E-state index contributed by atoms with van der Waals surface area (Å²) in [7, 11) is -8.59. The molecule has 2 N–H and O–H groups in total. The highest BCUT2D eigenvalue weighted by atomic mass is 35.5. The van der Waals surface area contributed by atoms with Gasteiger partial charge in [-0.15, -0.1) is 11.3 Å². The molecule has 3 aromatic rings. The van der Waals surface area contributed by atoms with Crippen molar-refractivity contribution in [3.05, 3.63) is 52.5 Å². The Labute approximate surface area is 167 Å². The zero-order chi connectivity index (χ0) is 19.8. The third-order valence-electron chi connectivity index (χ3n) is 3.21. The molecule has 1 unspecified atom stereocenters. The molecule has 1 aromatic carbocycles. The first-order chi connectivity index (χ1) is 12.6. The van der Waals surface area contributed by atoms with Crippen molar-refractivity contribution in [1.82, 2.24) is 9.71 Å². The first-order valence-electron chi connectivity index (χ1n) is 7.06. The molecule has 2 heterocycles. The summed E-state index contributed by atoms with van der Waals surface area (Å²) in [6.45, 7) is 0. The smallest absolute Gasteiger partial charge is 0.391 e. The standard InChI is InChI=1S/C14H10Cl2FN2O5PS2/c15-11-1-2-12(16)14-10(11)4-13(26-14)27(22,23)19-7-25(20,21)24-9-3-8(17)5-18-6-9/h1-6,19H,7H2,(H,20,21). The topological polar surface area (TPSA) is 106 Å². The van der Waals surface area contributed by atoms with Gasteiger partial charge >= 0.3 is 7.60 Å². The molecule has 0 spiro atoms. The third kappa shape index (κ3) is 4.78. The molecule has 1 atom stereocenters. The van der Waals surface area contributed by atoms with E-state index in [1.54, 1.807) is 0 Å². The second-order valence-corrected chi connectivity index (χ2v) is 10.8. The number of nitrogens with zero attached hydrogens (tertiary/aromatic N) is 1. The van der Waals surface area contributed by atoms with Crippen molar-refractivity contribution in [2.75, 3.05) is 6.29 Å². The maximum atomic E-state index is 13.1. The van der Waals surface area contributed by atoms with Crippen LogP contribution in [0.3, 0.4) is 0 Å². The maximum absolute atomic E-state index is 13.1. The third-order valence-corrected chi connectivity index (χ3v) is 8.27. The number of benzene rings is 1. The van der Waals surface area contributed by atoms with Crippen molar-refractivity contribution in [2.45, 2.75) is 4.21 Å². The van der Waals surface area contributed by atoms with Gasteiger partial charge in [0.15, 0.2) is 0 Å². The van der Waals surface area contributed by atoms with Crippen LogP contribution in [0.15, 0.2) is 40.9 Å². The highest BCUT2D eigenvalue weighted by Gasteiger charge is 2.27. The predicted octanol–water partition coefficient (Wildman–Crippen LogP) is 4.24. The predicted molar refractivity (Wildman–Crippen MR) is 102 cm³/mol. The number of halogens is 3. The summed E-state index contributed by atoms with van der Waals surface area (Å²) < 4.78 is 57.1. The summed E-state index contributed by atoms with van der Waals surface area (Å²) in [6, 6.07) is 5.23. The fourth-order valence-corrected chi connectivity index (χ4v) is 6.52. The number of hydrogen-bond acceptors (Lipinski definition) is 6. The largest absolute Gasteiger partial charge is 0.422 e. The Kier molecular flexibility index (Phi) is 5.79. The molecule has 7 nitrogen and oxygen atoms in total. The van der Waals surface area contributed by atoms with E-state index in [2.05, 4.69) is 4.98 Å². The lowest BCUT2D eigenvalue weighted by Gasteiger charge is -2.13. The monoisotopic (exact) mass is 470 g/mol. The van der Waals surface area contributed by atoms with Gasteiger partial charge in [-0.2, -0.15) is 4.72 Å². The van der Waals surface area contributed by atoms with Crippen LogP contribution in [0.25, 0.3) is 10.1 Å². The van der Waals surface area contributed by atoms with Crippen LogP contribution in [0, 0.1) is 5.82 Å². The van der Waals surface area contributed by atoms with E-state index in [1.807, 2.05) is 4.72 Å². The van der Waals surface area contributed by atoms with Crippen LogP contribution in [0.2, 0.25) is 10.0 Å². The van der Waals surface area contributed by atoms with Crippen LogP contribution in [0.4, 0.5) is 4.39 Å². The highest BCUT2D eigenvalue weighted by Crippen LogP contribution is 2.42. The number of rotatable bonds is 6. The van der Waals surface area contributed by atoms with Gasteiger partial charge in [-0.1, -0.05) is 23.2 Å². The summed E-state index contributed by atoms with van der Waals surface area (Å²) in [6.07, 6.45) is 0.980. The van der Waals surface area contributed by atoms with Crippen LogP contribution in [-0.2, 0) is 14.6 Å². The van der Waals surface area contributed by atoms with Gasteiger partial charge in [0.05, 0.1) is 22.1 Å². The van der Waals surface area contributed by atoms with Crippen molar-refractivity contribution in [1.29, 1.82) is 0 Å². The number of hydrogen-bond donors (Lipinski definition) is 2. The fraction of sp³-hybridized carbons (Fsp3) is 0.0714. The number of fused-ring (bicyclic) bond motifs is 1. The van der Waals surface area contributed by atoms with Gasteiger partial charge in [0, 0.05) is 16.5 Å². The average molecular weight is 471 g/mol. The van der Waals surface area contributed by atoms with Crippen LogP contribution in [0.1, 0.15) is 0 Å². The first kappa shape index (κ1) is 20.5. The Bertz CT molecular complexity index is 1130. The number of pyridine rings is 1. The molecule has 144 valence electrons. The summed E-state index contributed by atoms with van der Waals surface area (Å²) >= 11 is 12.9. The maximum Gasteiger partial charge on any atom is 0.391 e. The molecule has 0 aliphatic heterocycles. The Balaban J connectivity index is 1.79. The Morgan fingerprint density at radius 2 is 1.96 bits per heavy atom. The van der Waals surface area contributed by atoms with Gasteiger partial charge < -0.3 is 9.42 Å². The number of aromatic nitrogens is 1. The van der Waals surface area contributed by atoms with Crippen molar-refractivity contribution in [3.63, 3.8) is 0 Å². The molecule has 0 fully saturated rings. The van der Waals surface area contributed by atoms with Gasteiger partial charge in [-0.3, -0.25) is 4.98 Å². The van der Waals surface area contributed by atoms with Crippen molar-refractivity contribution >= 4 is 62.2 Å². The number of nitrogens with one attached hydrogen (secondary N) is 1. The molecule has 0 saturated carbocycles. The normalized spacial score (nSPS) is 14.2. The molecule has 0 saturated heterocycles. The molecular formula is C14H10Cl2FN2O5PS2. The highest BCUT2D eigenvalue weighted by molar-refractivity contribution is 7.92. The summed E-state index contributed by atoms with van der Waals surface area (Å²) in [5.74, 6) is -1.08. The molecule has 0 aliphatic rings. The summed E-state index contributed by atoms with van der Waals surface area (Å²) in [5.41, 5.74) is 0. The molecule has 3 rings (SSSR count). The lowest BCUT2D eigenvalue weighted by atomic mass is 10.3. The van der Waals surface area contributed by atoms with Crippen molar-refractivity contribution < 1.29 is 26.8 Å². The minimum absolute atomic E-state index is 0.139. The van der Waals surface area contributed by atoms with Gasteiger partial charge in [-0.05, 0) is 18.2 Å². The van der Waals surface area contributed by atoms with Gasteiger partial charge in [-0.25, -0.2) is 17.4 Å². The molecule has 0 amide bonds. The van der Waals surface area contributed by atoms with E-state index in [0.29, 0.717) is 20.1 Å². The SMILES string of the molecule is O=P(O)(CNS(=O)(=O)c1cc2c(Cl)ccc(Cl)c2s1)Oc1cncc(F)c1. The van der Waals surface area contributed by atoms with E-state index in [1.165, 1.54) is 18.2 Å². The number of thiophene rings is 1. The molecule has 0 aliphatic carbocycles. The summed E-state index contributed by atoms with van der Waals surface area (Å²) in [4.78, 5) is 13.3. The Hall–Kier alpha value is -1.26. The zero-order valence-corrected chi connectivity index (χ0v) is 17.1. The van der Waals surface area contributed by atoms with Gasteiger partial charge in [0.2, 0.25) is 0 Å². The van der Waals surface area contributed by atoms with E-state index in [4.69, 9.17) is 27.7 Å². The molecule has 0 radical (unpaired) electrons. The number of sulfonamides is 1. The van der Waals surface area contributed by atoms with E-state index in [0.717, 1.165) is 29.8 Å². The average Bonchev–Trinajstić information content (AvgIpc) is 3.04. The second-order valence-electron chi connectivity index (χ2n) is 5.21. The second kappa shape index (κ2) is 7.63. The van der Waals surface area contributed by atoms with Crippen LogP contribution in [0.5, 0.6) is 5.75 Å². The van der Waals surface area contributed by atoms with Crippen molar-refractivity contribution in [3.8, 4) is 5.75 Å². The van der Waals surface area contributed by atoms with Crippen LogP contribution < -0.4 is 9.25 Å². The van der Waals surface area contributed by atoms with Gasteiger partial charge in [0.1, 0.15) is 22.1 Å². The quantitative estimate of drug-likeness (QED) is 0.521. The van der Waals surface area contributed by atoms with Crippen molar-refractivity contribution in [2.24, 2.45) is 0 Å². The lowest BCUT2D eigenvalue weighted by molar-refractivity contribution is 0.376. The summed E-state index contributed by atoms with van der Waals surface area (Å²) in [5, 5.41) is 1.10. The first-order valence-corrected chi connectivity index (χ1v) is 11.9. The molecule has 27 heavy (non-hydrogen) atoms. The Morgan fingerprint density at radius 1 is 1.26 bits per heavy atom. The molecular weight excluding hydrogens is 461 g/mol. The minimum Gasteiger partial charge on any atom is -0.422 e. The molecule has 13 heteroatoms. The minimum atomic E-state index is -4.45.